The molecule has 1 aromatic carbocycles. The molecule has 0 radical (unpaired) electrons. The molecule has 0 aliphatic rings. The molecule has 0 atom stereocenters. The summed E-state index contributed by atoms with van der Waals surface area (Å²) in [6.07, 6.45) is 0. The zero-order valence-electron chi connectivity index (χ0n) is 7.08. The van der Waals surface area contributed by atoms with Crippen molar-refractivity contribution < 1.29 is 9.18 Å². The maximum absolute atomic E-state index is 13.1. The molecule has 0 fully saturated rings. The average molecular weight is 213 g/mol. The number of amides is 1. The van der Waals surface area contributed by atoms with Crippen molar-refractivity contribution in [2.75, 3.05) is 5.32 Å². The van der Waals surface area contributed by atoms with Gasteiger partial charge in [-0.2, -0.15) is 0 Å². The van der Waals surface area contributed by atoms with Gasteiger partial charge in [0, 0.05) is 0 Å². The maximum Gasteiger partial charge on any atom is 0.253 e. The first-order valence-corrected chi connectivity index (χ1v) is 4.08. The van der Waals surface area contributed by atoms with Gasteiger partial charge in [-0.15, -0.1) is 0 Å². The SMILES string of the molecule is NC(=O)c1c(F)cccc1NC(N)=S. The second-order valence-corrected chi connectivity index (χ2v) is 2.96. The lowest BCUT2D eigenvalue weighted by Crippen LogP contribution is -2.23. The second kappa shape index (κ2) is 4.01. The lowest BCUT2D eigenvalue weighted by atomic mass is 10.1. The second-order valence-electron chi connectivity index (χ2n) is 2.52. The van der Waals surface area contributed by atoms with Crippen LogP contribution in [0.3, 0.4) is 0 Å². The molecule has 1 rings (SSSR count). The van der Waals surface area contributed by atoms with Crippen molar-refractivity contribution in [3.8, 4) is 0 Å². The Balaban J connectivity index is 3.21. The fourth-order valence-corrected chi connectivity index (χ4v) is 1.12. The molecule has 0 saturated carbocycles. The number of rotatable bonds is 2. The van der Waals surface area contributed by atoms with Crippen molar-refractivity contribution in [1.29, 1.82) is 0 Å². The minimum Gasteiger partial charge on any atom is -0.376 e. The van der Waals surface area contributed by atoms with Crippen LogP contribution in [0.4, 0.5) is 10.1 Å². The molecule has 74 valence electrons. The topological polar surface area (TPSA) is 81.1 Å². The molecule has 0 aliphatic heterocycles. The summed E-state index contributed by atoms with van der Waals surface area (Å²) in [6.45, 7) is 0. The number of thiocarbonyl (C=S) groups is 1. The van der Waals surface area contributed by atoms with E-state index in [1.165, 1.54) is 12.1 Å². The van der Waals surface area contributed by atoms with Crippen LogP contribution in [-0.2, 0) is 0 Å². The molecule has 14 heavy (non-hydrogen) atoms. The smallest absolute Gasteiger partial charge is 0.253 e. The van der Waals surface area contributed by atoms with Crippen LogP contribution in [0.5, 0.6) is 0 Å². The molecular weight excluding hydrogens is 205 g/mol. The van der Waals surface area contributed by atoms with Gasteiger partial charge in [-0.25, -0.2) is 4.39 Å². The minimum atomic E-state index is -0.873. The Kier molecular flexibility index (Phi) is 2.98. The highest BCUT2D eigenvalue weighted by Crippen LogP contribution is 2.17. The third-order valence-electron chi connectivity index (χ3n) is 1.52. The first-order chi connectivity index (χ1) is 6.52. The third kappa shape index (κ3) is 2.17. The monoisotopic (exact) mass is 213 g/mol. The molecule has 0 heterocycles. The van der Waals surface area contributed by atoms with E-state index in [1.807, 2.05) is 0 Å². The van der Waals surface area contributed by atoms with Crippen molar-refractivity contribution in [1.82, 2.24) is 0 Å². The van der Waals surface area contributed by atoms with E-state index in [9.17, 15) is 9.18 Å². The lowest BCUT2D eigenvalue weighted by molar-refractivity contribution is 0.0997. The molecule has 0 saturated heterocycles. The van der Waals surface area contributed by atoms with Gasteiger partial charge in [-0.05, 0) is 24.4 Å². The lowest BCUT2D eigenvalue weighted by Gasteiger charge is -2.08. The normalized spacial score (nSPS) is 9.50. The highest BCUT2D eigenvalue weighted by Gasteiger charge is 2.13. The molecule has 0 bridgehead atoms. The number of hydrogen-bond donors (Lipinski definition) is 3. The summed E-state index contributed by atoms with van der Waals surface area (Å²) in [4.78, 5) is 10.9. The molecule has 0 spiro atoms. The Morgan fingerprint density at radius 1 is 1.43 bits per heavy atom. The number of anilines is 1. The van der Waals surface area contributed by atoms with Crippen LogP contribution in [0, 0.1) is 5.82 Å². The fourth-order valence-electron chi connectivity index (χ4n) is 1.01. The highest BCUT2D eigenvalue weighted by atomic mass is 32.1. The molecular formula is C8H8FN3OS. The van der Waals surface area contributed by atoms with Crippen molar-refractivity contribution in [2.45, 2.75) is 0 Å². The Morgan fingerprint density at radius 3 is 2.57 bits per heavy atom. The predicted molar refractivity (Wildman–Crippen MR) is 55.3 cm³/mol. The number of benzene rings is 1. The van der Waals surface area contributed by atoms with Crippen LogP contribution in [0.15, 0.2) is 18.2 Å². The van der Waals surface area contributed by atoms with E-state index in [0.29, 0.717) is 0 Å². The summed E-state index contributed by atoms with van der Waals surface area (Å²) in [5.74, 6) is -1.58. The predicted octanol–water partition coefficient (Wildman–Crippen LogP) is 0.580. The number of nitrogens with one attached hydrogen (secondary N) is 1. The summed E-state index contributed by atoms with van der Waals surface area (Å²) in [5.41, 5.74) is 10.1. The van der Waals surface area contributed by atoms with Crippen molar-refractivity contribution in [2.24, 2.45) is 11.5 Å². The van der Waals surface area contributed by atoms with Crippen LogP contribution in [0.25, 0.3) is 0 Å². The van der Waals surface area contributed by atoms with E-state index in [2.05, 4.69) is 17.5 Å². The van der Waals surface area contributed by atoms with Crippen molar-refractivity contribution in [3.63, 3.8) is 0 Å². The van der Waals surface area contributed by atoms with Gasteiger partial charge >= 0.3 is 0 Å². The maximum atomic E-state index is 13.1. The molecule has 0 aromatic heterocycles. The molecule has 1 amide bonds. The summed E-state index contributed by atoms with van der Waals surface area (Å²) < 4.78 is 13.1. The number of carbonyl (C=O) groups excluding carboxylic acids is 1. The number of halogens is 1. The summed E-state index contributed by atoms with van der Waals surface area (Å²) >= 11 is 4.56. The van der Waals surface area contributed by atoms with Crippen LogP contribution >= 0.6 is 12.2 Å². The first kappa shape index (κ1) is 10.4. The standard InChI is InChI=1S/C8H8FN3OS/c9-4-2-1-3-5(12-8(11)14)6(4)7(10)13/h1-3H,(H2,10,13)(H3,11,12,14). The number of carbonyl (C=O) groups is 1. The largest absolute Gasteiger partial charge is 0.376 e. The summed E-state index contributed by atoms with van der Waals surface area (Å²) in [6, 6.07) is 4.01. The first-order valence-electron chi connectivity index (χ1n) is 3.67. The Morgan fingerprint density at radius 2 is 2.07 bits per heavy atom. The van der Waals surface area contributed by atoms with Gasteiger partial charge in [-0.1, -0.05) is 6.07 Å². The van der Waals surface area contributed by atoms with E-state index >= 15 is 0 Å². The molecule has 0 aliphatic carbocycles. The zero-order chi connectivity index (χ0) is 10.7. The third-order valence-corrected chi connectivity index (χ3v) is 1.62. The molecule has 6 heteroatoms. The van der Waals surface area contributed by atoms with Crippen LogP contribution in [0.1, 0.15) is 10.4 Å². The number of primary amides is 1. The molecule has 1 aromatic rings. The Bertz CT molecular complexity index is 394. The van der Waals surface area contributed by atoms with E-state index in [0.717, 1.165) is 6.07 Å². The van der Waals surface area contributed by atoms with Gasteiger partial charge in [0.1, 0.15) is 5.82 Å². The van der Waals surface area contributed by atoms with Gasteiger partial charge in [0.05, 0.1) is 11.3 Å². The summed E-state index contributed by atoms with van der Waals surface area (Å²) in [5, 5.41) is 2.41. The van der Waals surface area contributed by atoms with Gasteiger partial charge in [0.15, 0.2) is 5.11 Å². The number of hydrogen-bond acceptors (Lipinski definition) is 2. The molecule has 4 nitrogen and oxygen atoms in total. The molecule has 0 unspecified atom stereocenters. The van der Waals surface area contributed by atoms with E-state index in [1.54, 1.807) is 0 Å². The van der Waals surface area contributed by atoms with Crippen molar-refractivity contribution in [3.05, 3.63) is 29.6 Å². The van der Waals surface area contributed by atoms with E-state index in [4.69, 9.17) is 11.5 Å². The number of nitrogens with two attached hydrogens (primary N) is 2. The fraction of sp³-hybridized carbons (Fsp3) is 0. The Hall–Kier alpha value is -1.69. The van der Waals surface area contributed by atoms with Gasteiger partial charge in [0.2, 0.25) is 0 Å². The van der Waals surface area contributed by atoms with Gasteiger partial charge in [0.25, 0.3) is 5.91 Å². The summed E-state index contributed by atoms with van der Waals surface area (Å²) in [7, 11) is 0. The quantitative estimate of drug-likeness (QED) is 0.628. The van der Waals surface area contributed by atoms with E-state index < -0.39 is 11.7 Å². The van der Waals surface area contributed by atoms with Crippen LogP contribution in [0.2, 0.25) is 0 Å². The van der Waals surface area contributed by atoms with Crippen LogP contribution in [-0.4, -0.2) is 11.0 Å². The molecule has 5 N–H and O–H groups in total. The average Bonchev–Trinajstić information content (AvgIpc) is 2.01. The van der Waals surface area contributed by atoms with Crippen molar-refractivity contribution >= 4 is 28.9 Å². The highest BCUT2D eigenvalue weighted by molar-refractivity contribution is 7.80. The van der Waals surface area contributed by atoms with Gasteiger partial charge in [-0.3, -0.25) is 4.79 Å². The minimum absolute atomic E-state index is 0.0573. The van der Waals surface area contributed by atoms with Gasteiger partial charge < -0.3 is 16.8 Å². The zero-order valence-corrected chi connectivity index (χ0v) is 7.90. The van der Waals surface area contributed by atoms with Crippen LogP contribution < -0.4 is 16.8 Å². The van der Waals surface area contributed by atoms with E-state index in [-0.39, 0.29) is 16.4 Å². The Labute approximate surface area is 85.1 Å².